The molecule has 8 aromatic rings. The Morgan fingerprint density at radius 2 is 0.554 bits per heavy atom. The third-order valence-electron chi connectivity index (χ3n) is 12.7. The largest absolute Gasteiger partial charge is 0.497 e. The highest BCUT2D eigenvalue weighted by molar-refractivity contribution is 5.95. The minimum absolute atomic E-state index is 0.738. The molecule has 0 aromatic heterocycles. The summed E-state index contributed by atoms with van der Waals surface area (Å²) in [6, 6.07) is 58.4. The van der Waals surface area contributed by atoms with E-state index in [4.69, 9.17) is 28.4 Å². The van der Waals surface area contributed by atoms with E-state index in [1.165, 1.54) is 0 Å². The molecule has 368 valence electrons. The number of hydrogen-bond acceptors (Lipinski definition) is 6. The van der Waals surface area contributed by atoms with Crippen molar-refractivity contribution in [1.29, 1.82) is 0 Å². The first-order valence-electron chi connectivity index (χ1n) is 24.2. The smallest absolute Gasteiger partial charge is 0.126 e. The van der Waals surface area contributed by atoms with Gasteiger partial charge in [0.1, 0.15) is 34.5 Å². The summed E-state index contributed by atoms with van der Waals surface area (Å²) in [7, 11) is 10.1. The first kappa shape index (κ1) is 51.1. The summed E-state index contributed by atoms with van der Waals surface area (Å²) in [6.45, 7) is 7.76. The lowest BCUT2D eigenvalue weighted by Gasteiger charge is -2.14. The Bertz CT molecular complexity index is 3350. The second kappa shape index (κ2) is 24.7. The normalized spacial score (nSPS) is 11.8. The van der Waals surface area contributed by atoms with Gasteiger partial charge in [-0.3, -0.25) is 0 Å². The van der Waals surface area contributed by atoms with Gasteiger partial charge in [-0.15, -0.1) is 0 Å². The minimum Gasteiger partial charge on any atom is -0.497 e. The molecule has 0 amide bonds. The van der Waals surface area contributed by atoms with Gasteiger partial charge in [0, 0.05) is 22.3 Å². The topological polar surface area (TPSA) is 55.4 Å². The molecule has 0 fully saturated rings. The van der Waals surface area contributed by atoms with Crippen molar-refractivity contribution >= 4 is 71.9 Å². The molecule has 6 heteroatoms. The third kappa shape index (κ3) is 12.6. The van der Waals surface area contributed by atoms with Gasteiger partial charge in [0.2, 0.25) is 0 Å². The van der Waals surface area contributed by atoms with Crippen LogP contribution in [0.1, 0.15) is 77.9 Å². The molecule has 0 bridgehead atoms. The predicted molar refractivity (Wildman–Crippen MR) is 312 cm³/mol. The highest BCUT2D eigenvalue weighted by Gasteiger charge is 2.13. The molecule has 6 nitrogen and oxygen atoms in total. The van der Waals surface area contributed by atoms with Gasteiger partial charge >= 0.3 is 0 Å². The van der Waals surface area contributed by atoms with E-state index >= 15 is 0 Å². The number of rotatable bonds is 20. The van der Waals surface area contributed by atoms with Gasteiger partial charge in [-0.2, -0.15) is 0 Å². The fourth-order valence-corrected chi connectivity index (χ4v) is 8.52. The molecule has 0 aliphatic rings. The summed E-state index contributed by atoms with van der Waals surface area (Å²) >= 11 is 0. The summed E-state index contributed by atoms with van der Waals surface area (Å²) in [4.78, 5) is 0. The molecule has 0 saturated heterocycles. The molecule has 8 rings (SSSR count). The molecule has 74 heavy (non-hydrogen) atoms. The molecule has 0 heterocycles. The van der Waals surface area contributed by atoms with Crippen molar-refractivity contribution < 1.29 is 28.4 Å². The van der Waals surface area contributed by atoms with Crippen LogP contribution in [0, 0.1) is 0 Å². The van der Waals surface area contributed by atoms with Gasteiger partial charge in [-0.05, 0) is 127 Å². The highest BCUT2D eigenvalue weighted by atomic mass is 16.5. The van der Waals surface area contributed by atoms with Crippen LogP contribution in [0.15, 0.2) is 183 Å². The molecule has 0 unspecified atom stereocenters. The summed E-state index contributed by atoms with van der Waals surface area (Å²) in [5.41, 5.74) is 16.4. The van der Waals surface area contributed by atoms with E-state index in [0.29, 0.717) is 0 Å². The lowest BCUT2D eigenvalue weighted by molar-refractivity contribution is 0.401. The summed E-state index contributed by atoms with van der Waals surface area (Å²) in [6.07, 6.45) is 20.4. The van der Waals surface area contributed by atoms with Gasteiger partial charge in [-0.25, -0.2) is 0 Å². The van der Waals surface area contributed by atoms with E-state index in [0.717, 1.165) is 124 Å². The molecule has 0 saturated carbocycles. The molecule has 0 atom stereocenters. The molecular weight excluding hydrogens is 913 g/mol. The van der Waals surface area contributed by atoms with E-state index in [1.54, 1.807) is 48.7 Å². The summed E-state index contributed by atoms with van der Waals surface area (Å²) in [5.74, 6) is 4.58. The highest BCUT2D eigenvalue weighted by Crippen LogP contribution is 2.35. The van der Waals surface area contributed by atoms with Crippen molar-refractivity contribution in [1.82, 2.24) is 0 Å². The summed E-state index contributed by atoms with van der Waals surface area (Å²) < 4.78 is 34.0. The molecule has 0 spiro atoms. The van der Waals surface area contributed by atoms with Crippen molar-refractivity contribution in [2.24, 2.45) is 0 Å². The number of hydrogen-bond donors (Lipinski definition) is 0. The monoisotopic (exact) mass is 972 g/mol. The lowest BCUT2D eigenvalue weighted by Crippen LogP contribution is -1.93. The van der Waals surface area contributed by atoms with Crippen LogP contribution >= 0.6 is 0 Å². The van der Waals surface area contributed by atoms with E-state index in [2.05, 4.69) is 159 Å². The second-order valence-electron chi connectivity index (χ2n) is 17.2. The van der Waals surface area contributed by atoms with Crippen molar-refractivity contribution in [3.05, 3.63) is 261 Å². The van der Waals surface area contributed by atoms with Crippen molar-refractivity contribution in [3.63, 3.8) is 0 Å². The van der Waals surface area contributed by atoms with Gasteiger partial charge in [0.15, 0.2) is 0 Å². The molecular formula is C68H60O6. The van der Waals surface area contributed by atoms with Gasteiger partial charge in [0.05, 0.1) is 42.7 Å². The van der Waals surface area contributed by atoms with Crippen LogP contribution in [0.5, 0.6) is 34.5 Å². The van der Waals surface area contributed by atoms with Crippen molar-refractivity contribution in [2.75, 3.05) is 42.7 Å². The zero-order chi connectivity index (χ0) is 51.8. The van der Waals surface area contributed by atoms with Crippen LogP contribution in [0.2, 0.25) is 0 Å². The van der Waals surface area contributed by atoms with Crippen LogP contribution in [0.4, 0.5) is 0 Å². The van der Waals surface area contributed by atoms with Crippen LogP contribution in [0.3, 0.4) is 0 Å². The molecule has 0 aliphatic carbocycles. The first-order valence-corrected chi connectivity index (χ1v) is 24.2. The van der Waals surface area contributed by atoms with Crippen LogP contribution < -0.4 is 28.4 Å². The Morgan fingerprint density at radius 3 is 0.838 bits per heavy atom. The Morgan fingerprint density at radius 1 is 0.284 bits per heavy atom. The van der Waals surface area contributed by atoms with Crippen LogP contribution in [-0.4, -0.2) is 42.7 Å². The van der Waals surface area contributed by atoms with E-state index in [9.17, 15) is 0 Å². The van der Waals surface area contributed by atoms with E-state index < -0.39 is 0 Å². The maximum absolute atomic E-state index is 5.85. The average Bonchev–Trinajstić information content (AvgIpc) is 3.46. The van der Waals surface area contributed by atoms with Crippen molar-refractivity contribution in [3.8, 4) is 34.5 Å². The Hall–Kier alpha value is -9.26. The zero-order valence-electron chi connectivity index (χ0n) is 42.8. The standard InChI is InChI=1S/C68H60O6/c1-9-47-11-13-48(14-12-47)23-27-59-45-68(74-8)60(46-67(59)73-7)28-25-50-17-21-52(22-18-50)42-64(57-35-39-62(70-4)40-36-57)55-31-29-54(30-32-55)63(56-33-37-61(69-3)38-34-56)41-51-19-15-49(16-20-51)24-26-58-44-65(71-5)53(10-2)43-66(58)72-6/h9-46H,1-2H2,3-8H3/b26-24+,27-23+,28-25+,63-41+,64-42-. The van der Waals surface area contributed by atoms with Crippen molar-refractivity contribution in [2.45, 2.75) is 0 Å². The lowest BCUT2D eigenvalue weighted by atomic mass is 9.91. The summed E-state index contributed by atoms with van der Waals surface area (Å²) in [5, 5.41) is 0. The predicted octanol–water partition coefficient (Wildman–Crippen LogP) is 16.7. The molecule has 0 N–H and O–H groups in total. The maximum atomic E-state index is 5.85. The molecule has 0 aliphatic heterocycles. The molecule has 8 aromatic carbocycles. The SMILES string of the molecule is C=Cc1ccc(/C=C/c2cc(OC)c(/C=C/c3ccc(/C=C(\c4ccc(OC)cc4)c4ccc(/C(=C\c5ccc(/C=C/c6cc(OC)c(C=C)cc6OC)cc5)c5ccc(OC)cc5)cc4)cc3)cc2OC)cc1. The average molecular weight is 973 g/mol. The van der Waals surface area contributed by atoms with Gasteiger partial charge in [-0.1, -0.05) is 183 Å². The minimum atomic E-state index is 0.738. The number of methoxy groups -OCH3 is 6. The second-order valence-corrected chi connectivity index (χ2v) is 17.2. The first-order chi connectivity index (χ1) is 36.2. The fraction of sp³-hybridized carbons (Fsp3) is 0.0882. The molecule has 0 radical (unpaired) electrons. The third-order valence-corrected chi connectivity index (χ3v) is 12.7. The Balaban J connectivity index is 1.06. The Kier molecular flexibility index (Phi) is 17.1. The number of ether oxygens (including phenoxy) is 6. The van der Waals surface area contributed by atoms with Gasteiger partial charge in [0.25, 0.3) is 0 Å². The maximum Gasteiger partial charge on any atom is 0.126 e. The number of benzene rings is 8. The Labute approximate surface area is 436 Å². The van der Waals surface area contributed by atoms with E-state index in [1.807, 2.05) is 78.9 Å². The van der Waals surface area contributed by atoms with Crippen LogP contribution in [-0.2, 0) is 0 Å². The zero-order valence-corrected chi connectivity index (χ0v) is 42.8. The van der Waals surface area contributed by atoms with Crippen LogP contribution in [0.25, 0.3) is 71.9 Å². The fourth-order valence-electron chi connectivity index (χ4n) is 8.52. The quantitative estimate of drug-likeness (QED) is 0.0710. The van der Waals surface area contributed by atoms with Gasteiger partial charge < -0.3 is 28.4 Å². The van der Waals surface area contributed by atoms with E-state index in [-0.39, 0.29) is 0 Å².